The van der Waals surface area contributed by atoms with Crippen molar-refractivity contribution in [1.82, 2.24) is 0 Å². The van der Waals surface area contributed by atoms with Gasteiger partial charge in [-0.3, -0.25) is 0 Å². The highest BCUT2D eigenvalue weighted by atomic mass is 16.5. The molecular weight excluding hydrogens is 158 g/mol. The van der Waals surface area contributed by atoms with Gasteiger partial charge in [-0.25, -0.2) is 4.79 Å². The second kappa shape index (κ2) is 5.51. The second-order valence-electron chi connectivity index (χ2n) is 2.58. The molecule has 0 radical (unpaired) electrons. The fraction of sp³-hybridized carbons (Fsp3) is 0.857. The van der Waals surface area contributed by atoms with E-state index in [0.29, 0.717) is 0 Å². The number of esters is 1. The molecule has 0 aromatic rings. The van der Waals surface area contributed by atoms with Gasteiger partial charge in [0.1, 0.15) is 0 Å². The molecule has 70 valence electrons. The van der Waals surface area contributed by atoms with E-state index in [-0.39, 0.29) is 5.92 Å². The maximum atomic E-state index is 11.1. The van der Waals surface area contributed by atoms with Crippen molar-refractivity contribution in [3.63, 3.8) is 0 Å². The third kappa shape index (κ3) is 2.86. The van der Waals surface area contributed by atoms with Crippen LogP contribution in [0.3, 0.4) is 0 Å². The minimum Gasteiger partial charge on any atom is -0.467 e. The minimum atomic E-state index is -0.565. The van der Waals surface area contributed by atoms with E-state index in [0.717, 1.165) is 6.42 Å². The molecular formula is C7H15N3O2. The molecule has 0 fully saturated rings. The maximum Gasteiger partial charge on any atom is 0.332 e. The molecule has 2 atom stereocenters. The molecule has 5 nitrogen and oxygen atoms in total. The van der Waals surface area contributed by atoms with Gasteiger partial charge in [0, 0.05) is 0 Å². The van der Waals surface area contributed by atoms with E-state index in [1.165, 1.54) is 7.11 Å². The van der Waals surface area contributed by atoms with Gasteiger partial charge in [0.05, 0.1) is 7.11 Å². The number of rotatable bonds is 4. The fourth-order valence-corrected chi connectivity index (χ4v) is 0.809. The summed E-state index contributed by atoms with van der Waals surface area (Å²) < 4.78 is 4.54. The Morgan fingerprint density at radius 1 is 1.67 bits per heavy atom. The van der Waals surface area contributed by atoms with Crippen molar-refractivity contribution in [1.29, 1.82) is 0 Å². The first-order valence-corrected chi connectivity index (χ1v) is 3.85. The van der Waals surface area contributed by atoms with Crippen LogP contribution in [0.5, 0.6) is 0 Å². The number of nitrogens with zero attached hydrogens (tertiary/aromatic N) is 2. The highest BCUT2D eigenvalue weighted by Gasteiger charge is 2.24. The Labute approximate surface area is 72.0 Å². The molecule has 0 aliphatic rings. The van der Waals surface area contributed by atoms with E-state index in [4.69, 9.17) is 5.84 Å². The summed E-state index contributed by atoms with van der Waals surface area (Å²) in [4.78, 5) is 11.1. The summed E-state index contributed by atoms with van der Waals surface area (Å²) in [5.74, 6) is 4.58. The summed E-state index contributed by atoms with van der Waals surface area (Å²) >= 11 is 0. The van der Waals surface area contributed by atoms with Gasteiger partial charge in [0.15, 0.2) is 6.04 Å². The van der Waals surface area contributed by atoms with Crippen LogP contribution in [0.1, 0.15) is 20.3 Å². The molecule has 0 rings (SSSR count). The van der Waals surface area contributed by atoms with Crippen molar-refractivity contribution < 1.29 is 9.53 Å². The Hall–Kier alpha value is -1.13. The lowest BCUT2D eigenvalue weighted by atomic mass is 10.0. The summed E-state index contributed by atoms with van der Waals surface area (Å²) in [7, 11) is 1.32. The Kier molecular flexibility index (Phi) is 4.99. The molecule has 0 heterocycles. The number of hydrogen-bond donors (Lipinski definition) is 1. The molecule has 0 bridgehead atoms. The van der Waals surface area contributed by atoms with E-state index in [1.807, 2.05) is 13.8 Å². The zero-order valence-corrected chi connectivity index (χ0v) is 7.65. The number of nitrogens with two attached hydrogens (primary N) is 1. The van der Waals surface area contributed by atoms with E-state index in [9.17, 15) is 4.79 Å². The average Bonchev–Trinajstić information content (AvgIpc) is 2.11. The minimum absolute atomic E-state index is 0.102. The van der Waals surface area contributed by atoms with E-state index in [2.05, 4.69) is 15.1 Å². The van der Waals surface area contributed by atoms with Crippen molar-refractivity contribution in [3.05, 3.63) is 0 Å². The summed E-state index contributed by atoms with van der Waals surface area (Å²) in [6.45, 7) is 3.86. The molecule has 0 aliphatic carbocycles. The molecule has 5 heteroatoms. The van der Waals surface area contributed by atoms with E-state index >= 15 is 0 Å². The van der Waals surface area contributed by atoms with Crippen LogP contribution in [-0.4, -0.2) is 19.1 Å². The van der Waals surface area contributed by atoms with Gasteiger partial charge in [-0.15, -0.1) is 0 Å². The van der Waals surface area contributed by atoms with Crippen LogP contribution in [0.25, 0.3) is 0 Å². The summed E-state index contributed by atoms with van der Waals surface area (Å²) in [5.41, 5.74) is 0. The largest absolute Gasteiger partial charge is 0.467 e. The number of methoxy groups -OCH3 is 1. The molecule has 12 heavy (non-hydrogen) atoms. The second-order valence-corrected chi connectivity index (χ2v) is 2.58. The first-order chi connectivity index (χ1) is 5.67. The van der Waals surface area contributed by atoms with Crippen LogP contribution in [0.4, 0.5) is 0 Å². The normalized spacial score (nSPS) is 15.9. The summed E-state index contributed by atoms with van der Waals surface area (Å²) in [6.07, 6.45) is 0.832. The lowest BCUT2D eigenvalue weighted by Gasteiger charge is -2.14. The van der Waals surface area contributed by atoms with E-state index < -0.39 is 12.0 Å². The van der Waals surface area contributed by atoms with Gasteiger partial charge in [0.2, 0.25) is 0 Å². The van der Waals surface area contributed by atoms with Crippen molar-refractivity contribution in [3.8, 4) is 0 Å². The third-order valence-corrected chi connectivity index (χ3v) is 1.82. The van der Waals surface area contributed by atoms with Crippen LogP contribution >= 0.6 is 0 Å². The number of carbonyl (C=O) groups is 1. The molecule has 0 spiro atoms. The van der Waals surface area contributed by atoms with Crippen LogP contribution in [0.15, 0.2) is 10.3 Å². The first kappa shape index (κ1) is 10.9. The van der Waals surface area contributed by atoms with Gasteiger partial charge >= 0.3 is 5.97 Å². The van der Waals surface area contributed by atoms with Gasteiger partial charge in [-0.2, -0.15) is 5.11 Å². The maximum absolute atomic E-state index is 11.1. The summed E-state index contributed by atoms with van der Waals surface area (Å²) in [6, 6.07) is -0.565. The first-order valence-electron chi connectivity index (χ1n) is 3.85. The highest BCUT2D eigenvalue weighted by Crippen LogP contribution is 2.12. The monoisotopic (exact) mass is 173 g/mol. The lowest BCUT2D eigenvalue weighted by Crippen LogP contribution is -2.27. The summed E-state index contributed by atoms with van der Waals surface area (Å²) in [5, 5.41) is 6.69. The van der Waals surface area contributed by atoms with E-state index in [1.54, 1.807) is 0 Å². The number of carbonyl (C=O) groups excluding carboxylic acids is 1. The average molecular weight is 173 g/mol. The van der Waals surface area contributed by atoms with Crippen LogP contribution < -0.4 is 5.84 Å². The zero-order valence-electron chi connectivity index (χ0n) is 7.65. The van der Waals surface area contributed by atoms with Crippen LogP contribution in [0, 0.1) is 5.92 Å². The van der Waals surface area contributed by atoms with Crippen LogP contribution in [-0.2, 0) is 9.53 Å². The Morgan fingerprint density at radius 3 is 2.58 bits per heavy atom. The smallest absolute Gasteiger partial charge is 0.332 e. The SMILES string of the molecule is CCC(C)C(N=NN)C(=O)OC. The predicted molar refractivity (Wildman–Crippen MR) is 44.3 cm³/mol. The molecule has 0 amide bonds. The van der Waals surface area contributed by atoms with Gasteiger partial charge in [0.25, 0.3) is 0 Å². The highest BCUT2D eigenvalue weighted by molar-refractivity contribution is 5.76. The predicted octanol–water partition coefficient (Wildman–Crippen LogP) is 0.900. The molecule has 2 unspecified atom stereocenters. The van der Waals surface area contributed by atoms with Crippen LogP contribution in [0.2, 0.25) is 0 Å². The van der Waals surface area contributed by atoms with Crippen molar-refractivity contribution in [2.45, 2.75) is 26.3 Å². The lowest BCUT2D eigenvalue weighted by molar-refractivity contribution is -0.143. The van der Waals surface area contributed by atoms with Crippen molar-refractivity contribution in [2.75, 3.05) is 7.11 Å². The molecule has 0 saturated heterocycles. The third-order valence-electron chi connectivity index (χ3n) is 1.82. The van der Waals surface area contributed by atoms with Crippen molar-refractivity contribution >= 4 is 5.97 Å². The molecule has 2 N–H and O–H groups in total. The Balaban J connectivity index is 4.31. The zero-order chi connectivity index (χ0) is 9.56. The molecule has 0 aliphatic heterocycles. The van der Waals surface area contributed by atoms with Gasteiger partial charge in [-0.05, 0) is 5.92 Å². The van der Waals surface area contributed by atoms with Gasteiger partial charge < -0.3 is 10.6 Å². The van der Waals surface area contributed by atoms with Gasteiger partial charge in [-0.1, -0.05) is 25.5 Å². The Bertz CT molecular complexity index is 170. The number of hydrogen-bond acceptors (Lipinski definition) is 4. The standard InChI is InChI=1S/C7H15N3O2/c1-4-5(2)6(9-10-8)7(11)12-3/h5-6H,4H2,1-3H3,(H2,8,9). The Morgan fingerprint density at radius 2 is 2.25 bits per heavy atom. The van der Waals surface area contributed by atoms with Crippen molar-refractivity contribution in [2.24, 2.45) is 22.1 Å². The molecule has 0 aromatic heterocycles. The quantitative estimate of drug-likeness (QED) is 0.297. The number of ether oxygens (including phenoxy) is 1. The molecule has 0 aromatic carbocycles. The molecule has 0 saturated carbocycles. The topological polar surface area (TPSA) is 77.0 Å². The fourth-order valence-electron chi connectivity index (χ4n) is 0.809.